The average Bonchev–Trinajstić information content (AvgIpc) is 0.766. The summed E-state index contributed by atoms with van der Waals surface area (Å²) in [5.41, 5.74) is 0. The number of nitriles is 6. The molecule has 36 nitrogen and oxygen atoms in total. The second-order valence-corrected chi connectivity index (χ2v) is 24.2. The molecule has 0 aromatic carbocycles. The molecule has 0 N–H and O–H groups in total. The quantitative estimate of drug-likeness (QED) is 0.0767. The first-order chi connectivity index (χ1) is 49.9. The molecule has 0 aliphatic carbocycles. The molecule has 22 rings (SSSR count). The first kappa shape index (κ1) is 85.0. The zero-order valence-electron chi connectivity index (χ0n) is 60.0. The highest BCUT2D eigenvalue weighted by Gasteiger charge is 2.61. The number of ether oxygens (including phenoxy) is 30. The number of hydrogen-bond acceptors (Lipinski definition) is 36. The Balaban J connectivity index is 1.42. The fourth-order valence-electron chi connectivity index (χ4n) is 13.6. The maximum atomic E-state index is 9.61. The zero-order valence-corrected chi connectivity index (χ0v) is 60.0. The topological polar surface area (TPSA) is 420 Å². The Morgan fingerprint density at radius 1 is 0.196 bits per heavy atom. The van der Waals surface area contributed by atoms with Crippen molar-refractivity contribution in [1.29, 1.82) is 31.6 Å². The van der Waals surface area contributed by atoms with Gasteiger partial charge in [0.2, 0.25) is 0 Å². The highest BCUT2D eigenvalue weighted by molar-refractivity contribution is 5.04. The van der Waals surface area contributed by atoms with Gasteiger partial charge in [0.05, 0.1) is 154 Å². The fraction of sp³-hybridized carbons (Fsp3) is 0.909. The van der Waals surface area contributed by atoms with Gasteiger partial charge in [0.25, 0.3) is 0 Å². The van der Waals surface area contributed by atoms with Crippen LogP contribution in [0.4, 0.5) is 0 Å². The third-order valence-electron chi connectivity index (χ3n) is 18.4. The van der Waals surface area contributed by atoms with Gasteiger partial charge in [-0.1, -0.05) is 0 Å². The monoisotopic (exact) mass is 1460 g/mol. The predicted molar refractivity (Wildman–Crippen MR) is 337 cm³/mol. The molecule has 22 heterocycles. The summed E-state index contributed by atoms with van der Waals surface area (Å²) in [6.45, 7) is -1.35. The molecule has 22 fully saturated rings. The third-order valence-corrected chi connectivity index (χ3v) is 18.4. The van der Waals surface area contributed by atoms with Crippen LogP contribution in [-0.4, -0.2) is 349 Å². The van der Waals surface area contributed by atoms with Gasteiger partial charge in [-0.05, 0) is 0 Å². The molecule has 0 amide bonds. The summed E-state index contributed by atoms with van der Waals surface area (Å²) in [7, 11) is 17.2. The van der Waals surface area contributed by atoms with Crippen LogP contribution in [0.1, 0.15) is 38.5 Å². The summed E-state index contributed by atoms with van der Waals surface area (Å²) in [5, 5.41) is 57.6. The lowest BCUT2D eigenvalue weighted by Crippen LogP contribution is -2.70. The van der Waals surface area contributed by atoms with Crippen LogP contribution in [-0.2, 0) is 142 Å². The van der Waals surface area contributed by atoms with Gasteiger partial charge in [-0.2, -0.15) is 31.6 Å². The maximum Gasteiger partial charge on any atom is 0.187 e. The Kier molecular flexibility index (Phi) is 37.8. The lowest BCUT2D eigenvalue weighted by atomic mass is 9.94. The number of hydrogen-bond donors (Lipinski definition) is 0. The van der Waals surface area contributed by atoms with Gasteiger partial charge in [0, 0.05) is 85.3 Å². The lowest BCUT2D eigenvalue weighted by molar-refractivity contribution is -0.410. The Hall–Kier alpha value is -4.26. The van der Waals surface area contributed by atoms with E-state index < -0.39 is 184 Å². The molecule has 0 unspecified atom stereocenters. The molecule has 0 radical (unpaired) electrons. The second kappa shape index (κ2) is 45.4. The lowest BCUT2D eigenvalue weighted by Gasteiger charge is -2.53. The van der Waals surface area contributed by atoms with Crippen LogP contribution in [0.25, 0.3) is 0 Å². The van der Waals surface area contributed by atoms with Crippen LogP contribution in [0.2, 0.25) is 0 Å². The molecule has 22 saturated heterocycles. The number of methoxy groups -OCH3 is 12. The van der Waals surface area contributed by atoms with Gasteiger partial charge >= 0.3 is 0 Å². The van der Waals surface area contributed by atoms with Gasteiger partial charge in [-0.3, -0.25) is 0 Å². The van der Waals surface area contributed by atoms with Crippen LogP contribution in [0.3, 0.4) is 0 Å². The molecule has 0 spiro atoms. The summed E-state index contributed by atoms with van der Waals surface area (Å²) in [4.78, 5) is 0. The summed E-state index contributed by atoms with van der Waals surface area (Å²) < 4.78 is 196. The van der Waals surface area contributed by atoms with Crippen LogP contribution >= 0.6 is 0 Å². The average molecular weight is 1460 g/mol. The van der Waals surface area contributed by atoms with Crippen LogP contribution < -0.4 is 0 Å². The van der Waals surface area contributed by atoms with Gasteiger partial charge in [-0.25, -0.2) is 0 Å². The van der Waals surface area contributed by atoms with Crippen molar-refractivity contribution in [2.75, 3.05) is 165 Å². The van der Waals surface area contributed by atoms with Crippen molar-refractivity contribution in [3.05, 3.63) is 0 Å². The van der Waals surface area contributed by atoms with Gasteiger partial charge in [0.1, 0.15) is 146 Å². The maximum absolute atomic E-state index is 9.61. The normalized spacial score (nSPS) is 39.5. The van der Waals surface area contributed by atoms with Crippen LogP contribution in [0.15, 0.2) is 0 Å². The van der Waals surface area contributed by atoms with Crippen molar-refractivity contribution in [2.45, 2.75) is 223 Å². The minimum absolute atomic E-state index is 0.0105. The molecule has 22 aliphatic heterocycles. The Bertz CT molecular complexity index is 2200. The van der Waals surface area contributed by atoms with E-state index in [2.05, 4.69) is 36.4 Å². The van der Waals surface area contributed by atoms with E-state index in [1.165, 1.54) is 85.3 Å². The van der Waals surface area contributed by atoms with Crippen LogP contribution in [0, 0.1) is 68.0 Å². The smallest absolute Gasteiger partial charge is 0.187 e. The summed E-state index contributed by atoms with van der Waals surface area (Å²) in [6.07, 6.45) is -35.5. The molecule has 12 bridgehead atoms. The van der Waals surface area contributed by atoms with E-state index in [9.17, 15) is 31.6 Å². The second-order valence-electron chi connectivity index (χ2n) is 24.2. The molecular weight excluding hydrogens is 1360 g/mol. The van der Waals surface area contributed by atoms with Crippen molar-refractivity contribution in [2.24, 2.45) is 0 Å². The molecule has 0 aromatic heterocycles. The molecule has 22 aliphatic rings. The van der Waals surface area contributed by atoms with E-state index in [0.717, 1.165) is 0 Å². The summed E-state index contributed by atoms with van der Waals surface area (Å²) in [5.74, 6) is 0. The molecule has 0 saturated carbocycles. The molecule has 36 heteroatoms. The first-order valence-electron chi connectivity index (χ1n) is 33.8. The van der Waals surface area contributed by atoms with E-state index in [4.69, 9.17) is 142 Å². The van der Waals surface area contributed by atoms with E-state index in [0.29, 0.717) is 0 Å². The van der Waals surface area contributed by atoms with Crippen LogP contribution in [0.5, 0.6) is 0 Å². The Labute approximate surface area is 595 Å². The number of rotatable bonds is 36. The highest BCUT2D eigenvalue weighted by atomic mass is 16.8. The Morgan fingerprint density at radius 3 is 0.431 bits per heavy atom. The number of nitrogens with zero attached hydrogens (tertiary/aromatic N) is 6. The largest absolute Gasteiger partial charge is 0.378 e. The molecule has 102 heavy (non-hydrogen) atoms. The van der Waals surface area contributed by atoms with Crippen molar-refractivity contribution in [3.8, 4) is 36.4 Å². The van der Waals surface area contributed by atoms with E-state index in [1.54, 1.807) is 0 Å². The minimum atomic E-state index is -1.38. The SMILES string of the molecule is CO[C@@H]1[C@@H](OC)[C@H]2O[C@H]3[C@H](OC)[C@@H](OC)[C@@H](O[C@H]4[C@H](OC)[C@@H](OC)[C@@H](O[C@H]5[C@H](OC)[C@@H](OC)[C@@H](O[C@H]6[C@H](OC)[C@@H](OC)[C@@H](O[C@H]7[C@H](OC)[C@@H](OC)[C@@H](O[C@@H]1[C@@H](COCCC#N)O2)O[C@@H]7COCCC#N)O[C@@H]6COCCC#N)O[C@@H]5COCCC#N)O[C@@H]4COCCC#N)O[C@@H]3COCCC#N. The van der Waals surface area contributed by atoms with E-state index >= 15 is 0 Å². The molecule has 30 atom stereocenters. The fourth-order valence-corrected chi connectivity index (χ4v) is 13.6. The minimum Gasteiger partial charge on any atom is -0.378 e. The van der Waals surface area contributed by atoms with Gasteiger partial charge in [-0.15, -0.1) is 0 Å². The van der Waals surface area contributed by atoms with Crippen molar-refractivity contribution in [3.63, 3.8) is 0 Å². The summed E-state index contributed by atoms with van der Waals surface area (Å²) in [6, 6.07) is 12.5. The van der Waals surface area contributed by atoms with E-state index in [-0.39, 0.29) is 118 Å². The van der Waals surface area contributed by atoms with E-state index in [1.807, 2.05) is 0 Å². The molecular formula is C66H102N6O30. The first-order valence-corrected chi connectivity index (χ1v) is 33.8. The zero-order chi connectivity index (χ0) is 73.5. The van der Waals surface area contributed by atoms with Crippen molar-refractivity contribution >= 4 is 0 Å². The van der Waals surface area contributed by atoms with Crippen molar-refractivity contribution in [1.82, 2.24) is 0 Å². The highest BCUT2D eigenvalue weighted by Crippen LogP contribution is 2.42. The Morgan fingerprint density at radius 2 is 0.324 bits per heavy atom. The molecule has 0 aromatic rings. The van der Waals surface area contributed by atoms with Gasteiger partial charge in [0.15, 0.2) is 37.7 Å². The predicted octanol–water partition coefficient (Wildman–Crippen LogP) is 0.422. The standard InChI is InChI=1S/C66H102N6O30/c1-73-49-43-37(31-85-25-13-19-67)91-61(55(49)79-7)98-44-38(32-86-26-14-20-68)93-63(57(81-9)50(44)74-2)100-46-40(34-88-28-16-22-70)95-65(59(83-11)52(46)76-4)102-48-42(36-90-30-18-24-72)96-66(60(84-12)54(48)78-6)101-47-41(35-89-29-17-23-71)94-64(58(82-10)53(47)77-5)99-45-39(33-87-27-15-21-69)92-62(97-43)56(80-8)51(45)75-3/h37-66H,13-18,25-36H2,1-12H3/t37-,38-,39-,40-,41-,42-,43-,44-,45-,46-,47-,48-,49+,50+,51+,52+,53+,54+,55-,56-,57-,58-,59-,60-,61-,62-,63-,64-,65-,66-/m1/s1. The third kappa shape index (κ3) is 21.5. The molecule has 576 valence electrons. The summed E-state index contributed by atoms with van der Waals surface area (Å²) >= 11 is 0. The van der Waals surface area contributed by atoms with Gasteiger partial charge < -0.3 is 142 Å². The van der Waals surface area contributed by atoms with Crippen molar-refractivity contribution < 1.29 is 142 Å².